The predicted octanol–water partition coefficient (Wildman–Crippen LogP) is -0.607. The van der Waals surface area contributed by atoms with Gasteiger partial charge in [0.05, 0.1) is 12.1 Å². The summed E-state index contributed by atoms with van der Waals surface area (Å²) in [4.78, 5) is 35.5. The van der Waals surface area contributed by atoms with Gasteiger partial charge in [-0.15, -0.1) is 0 Å². The number of carbonyl (C=O) groups excluding carboxylic acids is 2. The van der Waals surface area contributed by atoms with Crippen LogP contribution in [0.2, 0.25) is 0 Å². The zero-order valence-electron chi connectivity index (χ0n) is 11.8. The highest BCUT2D eigenvalue weighted by Crippen LogP contribution is 2.08. The summed E-state index contributed by atoms with van der Waals surface area (Å²) >= 11 is 0. The van der Waals surface area contributed by atoms with Crippen LogP contribution in [0.15, 0.2) is 0 Å². The second-order valence-corrected chi connectivity index (χ2v) is 5.20. The average molecular weight is 273 g/mol. The topological polar surface area (TPSA) is 127 Å². The third kappa shape index (κ3) is 4.96. The van der Waals surface area contributed by atoms with Crippen molar-refractivity contribution in [3.63, 3.8) is 0 Å². The van der Waals surface area contributed by atoms with E-state index in [2.05, 4.69) is 0 Å². The lowest BCUT2D eigenvalue weighted by Gasteiger charge is -2.27. The standard InChI is InChI=1S/C12H23N3O4/c1-6(2)9(13)11(18)15(5-8(16)17)12(19)10(14)7(3)4/h6-7,9-10H,5,13-14H2,1-4H3,(H,16,17)/t9-,10-/m0/s1. The highest BCUT2D eigenvalue weighted by atomic mass is 16.4. The Labute approximate surface area is 112 Å². The third-order valence-electron chi connectivity index (χ3n) is 2.83. The predicted molar refractivity (Wildman–Crippen MR) is 70.0 cm³/mol. The Morgan fingerprint density at radius 2 is 1.26 bits per heavy atom. The van der Waals surface area contributed by atoms with E-state index < -0.39 is 36.4 Å². The molecule has 0 aliphatic heterocycles. The summed E-state index contributed by atoms with van der Waals surface area (Å²) in [5.74, 6) is -3.11. The van der Waals surface area contributed by atoms with Crippen LogP contribution in [0.5, 0.6) is 0 Å². The number of nitrogens with zero attached hydrogens (tertiary/aromatic N) is 1. The fourth-order valence-corrected chi connectivity index (χ4v) is 1.33. The van der Waals surface area contributed by atoms with Gasteiger partial charge in [-0.2, -0.15) is 0 Å². The van der Waals surface area contributed by atoms with Gasteiger partial charge in [0, 0.05) is 0 Å². The van der Waals surface area contributed by atoms with Gasteiger partial charge in [-0.1, -0.05) is 27.7 Å². The molecule has 0 spiro atoms. The minimum atomic E-state index is -1.28. The van der Waals surface area contributed by atoms with E-state index in [4.69, 9.17) is 16.6 Å². The van der Waals surface area contributed by atoms with Crippen LogP contribution >= 0.6 is 0 Å². The number of rotatable bonds is 6. The molecule has 0 aromatic carbocycles. The molecule has 0 rings (SSSR count). The Balaban J connectivity index is 5.16. The molecule has 0 aliphatic carbocycles. The van der Waals surface area contributed by atoms with E-state index in [1.807, 2.05) is 0 Å². The molecule has 0 aliphatic rings. The summed E-state index contributed by atoms with van der Waals surface area (Å²) in [5, 5.41) is 8.79. The molecule has 2 atom stereocenters. The molecule has 19 heavy (non-hydrogen) atoms. The lowest BCUT2D eigenvalue weighted by Crippen LogP contribution is -2.56. The van der Waals surface area contributed by atoms with Gasteiger partial charge in [0.25, 0.3) is 0 Å². The molecule has 0 radical (unpaired) electrons. The normalized spacial score (nSPS) is 14.3. The summed E-state index contributed by atoms with van der Waals surface area (Å²) in [7, 11) is 0. The van der Waals surface area contributed by atoms with Crippen LogP contribution in [-0.2, 0) is 14.4 Å². The van der Waals surface area contributed by atoms with Crippen LogP contribution in [-0.4, -0.2) is 46.4 Å². The number of carboxylic acids is 1. The van der Waals surface area contributed by atoms with E-state index in [0.29, 0.717) is 4.90 Å². The van der Waals surface area contributed by atoms with Crippen LogP contribution in [0.1, 0.15) is 27.7 Å². The summed E-state index contributed by atoms with van der Waals surface area (Å²) < 4.78 is 0. The molecule has 0 bridgehead atoms. The highest BCUT2D eigenvalue weighted by molar-refractivity contribution is 6.02. The molecule has 0 aromatic rings. The fourth-order valence-electron chi connectivity index (χ4n) is 1.33. The molecular weight excluding hydrogens is 250 g/mol. The van der Waals surface area contributed by atoms with Crippen molar-refractivity contribution in [1.29, 1.82) is 0 Å². The average Bonchev–Trinajstić information content (AvgIpc) is 2.31. The van der Waals surface area contributed by atoms with Crippen LogP contribution in [0.3, 0.4) is 0 Å². The minimum absolute atomic E-state index is 0.202. The van der Waals surface area contributed by atoms with Crippen molar-refractivity contribution < 1.29 is 19.5 Å². The number of aliphatic carboxylic acids is 1. The zero-order chi connectivity index (χ0) is 15.3. The van der Waals surface area contributed by atoms with Gasteiger partial charge in [0.1, 0.15) is 6.54 Å². The van der Waals surface area contributed by atoms with Gasteiger partial charge in [0.2, 0.25) is 11.8 Å². The Bertz CT molecular complexity index is 329. The fraction of sp³-hybridized carbons (Fsp3) is 0.750. The van der Waals surface area contributed by atoms with Crippen molar-refractivity contribution in [1.82, 2.24) is 4.90 Å². The number of carboxylic acid groups (broad SMARTS) is 1. The van der Waals surface area contributed by atoms with Crippen LogP contribution in [0, 0.1) is 11.8 Å². The van der Waals surface area contributed by atoms with E-state index in [1.54, 1.807) is 27.7 Å². The van der Waals surface area contributed by atoms with Gasteiger partial charge in [0.15, 0.2) is 0 Å². The third-order valence-corrected chi connectivity index (χ3v) is 2.83. The van der Waals surface area contributed by atoms with E-state index >= 15 is 0 Å². The number of amides is 2. The lowest BCUT2D eigenvalue weighted by atomic mass is 10.0. The Morgan fingerprint density at radius 1 is 0.947 bits per heavy atom. The van der Waals surface area contributed by atoms with E-state index in [1.165, 1.54) is 0 Å². The van der Waals surface area contributed by atoms with Crippen LogP contribution in [0.25, 0.3) is 0 Å². The largest absolute Gasteiger partial charge is 0.480 e. The molecule has 2 amide bonds. The molecule has 0 saturated heterocycles. The van der Waals surface area contributed by atoms with Crippen molar-refractivity contribution in [3.8, 4) is 0 Å². The summed E-state index contributed by atoms with van der Waals surface area (Å²) in [5.41, 5.74) is 11.3. The molecule has 0 fully saturated rings. The zero-order valence-corrected chi connectivity index (χ0v) is 11.8. The first-order valence-electron chi connectivity index (χ1n) is 6.17. The molecule has 0 heterocycles. The maximum absolute atomic E-state index is 12.0. The number of imide groups is 1. The molecule has 7 heteroatoms. The molecular formula is C12H23N3O4. The van der Waals surface area contributed by atoms with E-state index in [0.717, 1.165) is 0 Å². The van der Waals surface area contributed by atoms with E-state index in [-0.39, 0.29) is 11.8 Å². The number of hydrogen-bond acceptors (Lipinski definition) is 5. The smallest absolute Gasteiger partial charge is 0.323 e. The summed E-state index contributed by atoms with van der Waals surface area (Å²) in [6, 6.07) is -1.86. The van der Waals surface area contributed by atoms with Gasteiger partial charge >= 0.3 is 5.97 Å². The maximum atomic E-state index is 12.0. The lowest BCUT2D eigenvalue weighted by molar-refractivity contribution is -0.154. The van der Waals surface area contributed by atoms with Gasteiger partial charge < -0.3 is 16.6 Å². The highest BCUT2D eigenvalue weighted by Gasteiger charge is 2.33. The van der Waals surface area contributed by atoms with Crippen molar-refractivity contribution in [2.24, 2.45) is 23.3 Å². The van der Waals surface area contributed by atoms with Gasteiger partial charge in [-0.05, 0) is 11.8 Å². The molecule has 0 aromatic heterocycles. The van der Waals surface area contributed by atoms with Crippen molar-refractivity contribution in [2.45, 2.75) is 39.8 Å². The Kier molecular flexibility index (Phi) is 6.64. The molecule has 0 unspecified atom stereocenters. The number of nitrogens with two attached hydrogens (primary N) is 2. The number of carbonyl (C=O) groups is 3. The second kappa shape index (κ2) is 7.20. The Hall–Kier alpha value is -1.47. The monoisotopic (exact) mass is 273 g/mol. The van der Waals surface area contributed by atoms with Gasteiger partial charge in [-0.3, -0.25) is 19.3 Å². The van der Waals surface area contributed by atoms with Crippen LogP contribution < -0.4 is 11.5 Å². The summed E-state index contributed by atoms with van der Waals surface area (Å²) in [6.07, 6.45) is 0. The molecule has 110 valence electrons. The SMILES string of the molecule is CC(C)[C@H](N)C(=O)N(CC(=O)O)C(=O)[C@@H](N)C(C)C. The first-order chi connectivity index (χ1) is 8.59. The molecule has 5 N–H and O–H groups in total. The first-order valence-corrected chi connectivity index (χ1v) is 6.17. The van der Waals surface area contributed by atoms with Crippen molar-refractivity contribution in [2.75, 3.05) is 6.54 Å². The number of hydrogen-bond donors (Lipinski definition) is 3. The summed E-state index contributed by atoms with van der Waals surface area (Å²) in [6.45, 7) is 6.14. The van der Waals surface area contributed by atoms with Gasteiger partial charge in [-0.25, -0.2) is 0 Å². The van der Waals surface area contributed by atoms with Crippen molar-refractivity contribution >= 4 is 17.8 Å². The Morgan fingerprint density at radius 3 is 1.47 bits per heavy atom. The van der Waals surface area contributed by atoms with Crippen molar-refractivity contribution in [3.05, 3.63) is 0 Å². The first kappa shape index (κ1) is 17.5. The van der Waals surface area contributed by atoms with Crippen LogP contribution in [0.4, 0.5) is 0 Å². The molecule has 7 nitrogen and oxygen atoms in total. The quantitative estimate of drug-likeness (QED) is 0.592. The molecule has 0 saturated carbocycles. The van der Waals surface area contributed by atoms with E-state index in [9.17, 15) is 14.4 Å². The second-order valence-electron chi connectivity index (χ2n) is 5.20. The maximum Gasteiger partial charge on any atom is 0.323 e. The minimum Gasteiger partial charge on any atom is -0.480 e.